The van der Waals surface area contributed by atoms with Crippen molar-refractivity contribution in [3.05, 3.63) is 65.2 Å². The van der Waals surface area contributed by atoms with Gasteiger partial charge in [0.15, 0.2) is 6.10 Å². The summed E-state index contributed by atoms with van der Waals surface area (Å²) in [5.74, 6) is -0.816. The van der Waals surface area contributed by atoms with E-state index in [2.05, 4.69) is 5.32 Å². The van der Waals surface area contributed by atoms with Crippen LogP contribution in [0.25, 0.3) is 0 Å². The quantitative estimate of drug-likeness (QED) is 0.749. The highest BCUT2D eigenvalue weighted by atomic mass is 35.5. The predicted octanol–water partition coefficient (Wildman–Crippen LogP) is 3.83. The molecule has 132 valence electrons. The lowest BCUT2D eigenvalue weighted by Crippen LogP contribution is -2.38. The van der Waals surface area contributed by atoms with Gasteiger partial charge in [0.2, 0.25) is 0 Å². The van der Waals surface area contributed by atoms with Crippen LogP contribution in [0.15, 0.2) is 54.6 Å². The molecule has 1 amide bonds. The lowest BCUT2D eigenvalue weighted by Gasteiger charge is -2.22. The third-order valence-electron chi connectivity index (χ3n) is 3.67. The first-order valence-corrected chi connectivity index (χ1v) is 8.33. The first kappa shape index (κ1) is 18.8. The van der Waals surface area contributed by atoms with Gasteiger partial charge >= 0.3 is 5.97 Å². The third kappa shape index (κ3) is 5.80. The summed E-state index contributed by atoms with van der Waals surface area (Å²) < 4.78 is 5.61. The number of carboxylic acid groups (broad SMARTS) is 1. The van der Waals surface area contributed by atoms with Crippen molar-refractivity contribution in [1.29, 1.82) is 0 Å². The first-order chi connectivity index (χ1) is 12.0. The van der Waals surface area contributed by atoms with E-state index in [1.165, 1.54) is 0 Å². The van der Waals surface area contributed by atoms with Crippen molar-refractivity contribution < 1.29 is 19.4 Å². The number of carbonyl (C=O) groups excluding carboxylic acids is 1. The Bertz CT molecular complexity index is 720. The van der Waals surface area contributed by atoms with Crippen molar-refractivity contribution in [2.75, 3.05) is 0 Å². The molecule has 2 atom stereocenters. The van der Waals surface area contributed by atoms with Gasteiger partial charge in [0.1, 0.15) is 5.75 Å². The molecule has 2 aromatic rings. The van der Waals surface area contributed by atoms with Gasteiger partial charge in [-0.05, 0) is 31.0 Å². The number of hydrogen-bond acceptors (Lipinski definition) is 3. The molecule has 0 saturated heterocycles. The van der Waals surface area contributed by atoms with Crippen LogP contribution in [0.2, 0.25) is 5.02 Å². The van der Waals surface area contributed by atoms with Crippen LogP contribution in [0.5, 0.6) is 5.75 Å². The SMILES string of the molecule is CC(Oc1ccccc1Cl)C(=O)NC(CCC(=O)O)c1ccccc1. The van der Waals surface area contributed by atoms with Crippen LogP contribution in [0.3, 0.4) is 0 Å². The molecule has 0 aromatic heterocycles. The van der Waals surface area contributed by atoms with Crippen molar-refractivity contribution in [1.82, 2.24) is 5.32 Å². The van der Waals surface area contributed by atoms with Gasteiger partial charge in [-0.3, -0.25) is 9.59 Å². The molecular formula is C19H20ClNO4. The largest absolute Gasteiger partial charge is 0.481 e. The fourth-order valence-electron chi connectivity index (χ4n) is 2.35. The number of rotatable bonds is 8. The molecule has 0 spiro atoms. The normalized spacial score (nSPS) is 12.9. The van der Waals surface area contributed by atoms with Crippen molar-refractivity contribution in [3.8, 4) is 5.75 Å². The van der Waals surface area contributed by atoms with Gasteiger partial charge in [0, 0.05) is 6.42 Å². The molecule has 2 unspecified atom stereocenters. The van der Waals surface area contributed by atoms with Crippen molar-refractivity contribution in [2.45, 2.75) is 31.9 Å². The Hall–Kier alpha value is -2.53. The van der Waals surface area contributed by atoms with E-state index in [0.717, 1.165) is 5.56 Å². The smallest absolute Gasteiger partial charge is 0.303 e. The van der Waals surface area contributed by atoms with Crippen LogP contribution < -0.4 is 10.1 Å². The lowest BCUT2D eigenvalue weighted by molar-refractivity contribution is -0.137. The fourth-order valence-corrected chi connectivity index (χ4v) is 2.53. The predicted molar refractivity (Wildman–Crippen MR) is 95.7 cm³/mol. The standard InChI is InChI=1S/C19H20ClNO4/c1-13(25-17-10-6-5-9-15(17)20)19(24)21-16(11-12-18(22)23)14-7-3-2-4-8-14/h2-10,13,16H,11-12H2,1H3,(H,21,24)(H,22,23). The van der Waals surface area contributed by atoms with Crippen LogP contribution in [0.4, 0.5) is 0 Å². The summed E-state index contributed by atoms with van der Waals surface area (Å²) in [7, 11) is 0. The van der Waals surface area contributed by atoms with Crippen molar-refractivity contribution >= 4 is 23.5 Å². The Balaban J connectivity index is 2.05. The summed E-state index contributed by atoms with van der Waals surface area (Å²) in [6, 6.07) is 15.8. The molecular weight excluding hydrogens is 342 g/mol. The number of ether oxygens (including phenoxy) is 1. The molecule has 0 saturated carbocycles. The maximum Gasteiger partial charge on any atom is 0.303 e. The molecule has 6 heteroatoms. The first-order valence-electron chi connectivity index (χ1n) is 7.95. The minimum Gasteiger partial charge on any atom is -0.481 e. The minimum atomic E-state index is -0.907. The summed E-state index contributed by atoms with van der Waals surface area (Å²) >= 11 is 6.04. The number of carbonyl (C=O) groups is 2. The molecule has 0 bridgehead atoms. The number of aliphatic carboxylic acids is 1. The Morgan fingerprint density at radius 2 is 1.76 bits per heavy atom. The summed E-state index contributed by atoms with van der Waals surface area (Å²) in [4.78, 5) is 23.3. The van der Waals surface area contributed by atoms with Gasteiger partial charge in [0.05, 0.1) is 11.1 Å². The van der Waals surface area contributed by atoms with Crippen LogP contribution >= 0.6 is 11.6 Å². The summed E-state index contributed by atoms with van der Waals surface area (Å²) in [6.45, 7) is 1.62. The van der Waals surface area contributed by atoms with Crippen LogP contribution in [0, 0.1) is 0 Å². The Kier molecular flexibility index (Phi) is 6.83. The highest BCUT2D eigenvalue weighted by molar-refractivity contribution is 6.32. The Labute approximate surface area is 151 Å². The minimum absolute atomic E-state index is 0.0421. The van der Waals surface area contributed by atoms with Crippen molar-refractivity contribution in [2.24, 2.45) is 0 Å². The van der Waals surface area contributed by atoms with E-state index in [-0.39, 0.29) is 12.3 Å². The van der Waals surface area contributed by atoms with Gasteiger partial charge in [-0.1, -0.05) is 54.1 Å². The highest BCUT2D eigenvalue weighted by Crippen LogP contribution is 2.25. The maximum absolute atomic E-state index is 12.5. The maximum atomic E-state index is 12.5. The Morgan fingerprint density at radius 1 is 1.12 bits per heavy atom. The van der Waals surface area contributed by atoms with Gasteiger partial charge in [-0.25, -0.2) is 0 Å². The van der Waals surface area contributed by atoms with Crippen LogP contribution in [-0.2, 0) is 9.59 Å². The topological polar surface area (TPSA) is 75.6 Å². The van der Waals surface area contributed by atoms with E-state index in [4.69, 9.17) is 21.4 Å². The molecule has 0 aliphatic heterocycles. The number of benzene rings is 2. The number of amides is 1. The van der Waals surface area contributed by atoms with Crippen molar-refractivity contribution in [3.63, 3.8) is 0 Å². The third-order valence-corrected chi connectivity index (χ3v) is 3.99. The van der Waals surface area contributed by atoms with Crippen LogP contribution in [0.1, 0.15) is 31.4 Å². The summed E-state index contributed by atoms with van der Waals surface area (Å²) in [6.07, 6.45) is -0.514. The second kappa shape index (κ2) is 9.08. The zero-order valence-electron chi connectivity index (χ0n) is 13.8. The molecule has 2 rings (SSSR count). The van der Waals surface area contributed by atoms with E-state index >= 15 is 0 Å². The summed E-state index contributed by atoms with van der Waals surface area (Å²) in [5, 5.41) is 12.2. The van der Waals surface area contributed by atoms with Crippen LogP contribution in [-0.4, -0.2) is 23.1 Å². The number of hydrogen-bond donors (Lipinski definition) is 2. The second-order valence-electron chi connectivity index (χ2n) is 5.59. The number of halogens is 1. The average Bonchev–Trinajstić information content (AvgIpc) is 2.61. The fraction of sp³-hybridized carbons (Fsp3) is 0.263. The molecule has 0 heterocycles. The van der Waals surface area contributed by atoms with E-state index in [1.807, 2.05) is 30.3 Å². The van der Waals surface area contributed by atoms with Gasteiger partial charge in [-0.2, -0.15) is 0 Å². The van der Waals surface area contributed by atoms with E-state index < -0.39 is 18.1 Å². The van der Waals surface area contributed by atoms with Gasteiger partial charge in [0.25, 0.3) is 5.91 Å². The molecule has 0 aliphatic rings. The number of nitrogens with one attached hydrogen (secondary N) is 1. The van der Waals surface area contributed by atoms with E-state index in [9.17, 15) is 9.59 Å². The Morgan fingerprint density at radius 3 is 2.40 bits per heavy atom. The monoisotopic (exact) mass is 361 g/mol. The number of carboxylic acids is 1. The molecule has 0 radical (unpaired) electrons. The molecule has 25 heavy (non-hydrogen) atoms. The molecule has 2 N–H and O–H groups in total. The second-order valence-corrected chi connectivity index (χ2v) is 6.00. The molecule has 5 nitrogen and oxygen atoms in total. The zero-order valence-corrected chi connectivity index (χ0v) is 14.6. The molecule has 0 aliphatic carbocycles. The lowest BCUT2D eigenvalue weighted by atomic mass is 10.0. The summed E-state index contributed by atoms with van der Waals surface area (Å²) in [5.41, 5.74) is 0.849. The number of para-hydroxylation sites is 1. The van der Waals surface area contributed by atoms with E-state index in [1.54, 1.807) is 31.2 Å². The van der Waals surface area contributed by atoms with E-state index in [0.29, 0.717) is 17.2 Å². The zero-order chi connectivity index (χ0) is 18.2. The average molecular weight is 362 g/mol. The molecule has 2 aromatic carbocycles. The van der Waals surface area contributed by atoms with Gasteiger partial charge in [-0.15, -0.1) is 0 Å². The molecule has 0 fully saturated rings. The van der Waals surface area contributed by atoms with Gasteiger partial charge < -0.3 is 15.2 Å². The highest BCUT2D eigenvalue weighted by Gasteiger charge is 2.21.